The van der Waals surface area contributed by atoms with E-state index in [1.165, 1.54) is 6.21 Å². The molecule has 0 atom stereocenters. The van der Waals surface area contributed by atoms with E-state index in [0.29, 0.717) is 21.6 Å². The molecule has 1 amide bonds. The van der Waals surface area contributed by atoms with Crippen molar-refractivity contribution in [2.45, 2.75) is 6.42 Å². The number of carbonyl (C=O) groups is 1. The number of nitrogens with zero attached hydrogens (tertiary/aromatic N) is 1. The molecule has 0 aliphatic carbocycles. The van der Waals surface area contributed by atoms with Crippen LogP contribution in [0.4, 0.5) is 0 Å². The van der Waals surface area contributed by atoms with Crippen molar-refractivity contribution >= 4 is 46.1 Å². The summed E-state index contributed by atoms with van der Waals surface area (Å²) in [4.78, 5) is 12.3. The van der Waals surface area contributed by atoms with Gasteiger partial charge in [0.15, 0.2) is 0 Å². The minimum absolute atomic E-state index is 0.204. The first-order valence-electron chi connectivity index (χ1n) is 8.94. The second-order valence-electron chi connectivity index (χ2n) is 6.43. The lowest BCUT2D eigenvalue weighted by Gasteiger charge is -2.05. The number of hydrogen-bond donors (Lipinski definition) is 1. The zero-order chi connectivity index (χ0) is 20.2. The average molecular weight is 423 g/mol. The molecule has 0 saturated heterocycles. The number of furan rings is 1. The van der Waals surface area contributed by atoms with Gasteiger partial charge in [0.05, 0.1) is 17.7 Å². The Hall–Kier alpha value is -3.08. The maximum atomic E-state index is 12.3. The number of amides is 1. The van der Waals surface area contributed by atoms with Crippen molar-refractivity contribution in [2.75, 3.05) is 0 Å². The van der Waals surface area contributed by atoms with Crippen LogP contribution in [0.15, 0.2) is 82.3 Å². The highest BCUT2D eigenvalue weighted by Crippen LogP contribution is 2.31. The predicted molar refractivity (Wildman–Crippen MR) is 118 cm³/mol. The van der Waals surface area contributed by atoms with Crippen molar-refractivity contribution in [3.8, 4) is 11.3 Å². The van der Waals surface area contributed by atoms with Gasteiger partial charge in [-0.1, -0.05) is 65.7 Å². The number of benzene rings is 3. The van der Waals surface area contributed by atoms with Crippen molar-refractivity contribution in [1.82, 2.24) is 5.43 Å². The third-order valence-electron chi connectivity index (χ3n) is 4.44. The fraction of sp³-hybridized carbons (Fsp3) is 0.0435. The molecule has 29 heavy (non-hydrogen) atoms. The topological polar surface area (TPSA) is 54.6 Å². The van der Waals surface area contributed by atoms with Crippen LogP contribution in [0.3, 0.4) is 0 Å². The molecule has 0 unspecified atom stereocenters. The Morgan fingerprint density at radius 1 is 1.00 bits per heavy atom. The molecule has 1 heterocycles. The van der Waals surface area contributed by atoms with E-state index in [0.717, 1.165) is 21.9 Å². The summed E-state index contributed by atoms with van der Waals surface area (Å²) in [5, 5.41) is 7.21. The van der Waals surface area contributed by atoms with E-state index in [1.807, 2.05) is 42.5 Å². The van der Waals surface area contributed by atoms with Gasteiger partial charge in [-0.25, -0.2) is 5.43 Å². The van der Waals surface area contributed by atoms with Gasteiger partial charge in [-0.3, -0.25) is 4.79 Å². The van der Waals surface area contributed by atoms with Gasteiger partial charge in [-0.05, 0) is 46.7 Å². The molecule has 0 aliphatic rings. The molecule has 144 valence electrons. The normalized spacial score (nSPS) is 11.2. The molecule has 1 N–H and O–H groups in total. The van der Waals surface area contributed by atoms with Crippen molar-refractivity contribution in [2.24, 2.45) is 5.10 Å². The van der Waals surface area contributed by atoms with Gasteiger partial charge in [0.25, 0.3) is 0 Å². The van der Waals surface area contributed by atoms with Crippen molar-refractivity contribution in [1.29, 1.82) is 0 Å². The number of hydrazone groups is 1. The number of carbonyl (C=O) groups excluding carboxylic acids is 1. The molecule has 1 aromatic heterocycles. The molecule has 3 aromatic carbocycles. The number of fused-ring (bicyclic) bond motifs is 1. The van der Waals surface area contributed by atoms with Crippen LogP contribution in [-0.2, 0) is 11.2 Å². The number of halogens is 2. The molecular formula is C23H16Cl2N2O2. The summed E-state index contributed by atoms with van der Waals surface area (Å²) in [7, 11) is 0. The fourth-order valence-electron chi connectivity index (χ4n) is 3.08. The third-order valence-corrected chi connectivity index (χ3v) is 4.98. The predicted octanol–water partition coefficient (Wildman–Crippen LogP) is 6.10. The monoisotopic (exact) mass is 422 g/mol. The zero-order valence-electron chi connectivity index (χ0n) is 15.2. The highest BCUT2D eigenvalue weighted by Gasteiger charge is 2.09. The first-order chi connectivity index (χ1) is 14.1. The molecule has 0 spiro atoms. The van der Waals surface area contributed by atoms with Crippen LogP contribution in [0.5, 0.6) is 0 Å². The maximum absolute atomic E-state index is 12.3. The Balaban J connectivity index is 1.41. The van der Waals surface area contributed by atoms with Crippen LogP contribution in [-0.4, -0.2) is 12.1 Å². The Morgan fingerprint density at radius 2 is 1.83 bits per heavy atom. The van der Waals surface area contributed by atoms with Crippen LogP contribution < -0.4 is 5.43 Å². The zero-order valence-corrected chi connectivity index (χ0v) is 16.7. The van der Waals surface area contributed by atoms with Crippen molar-refractivity contribution < 1.29 is 9.21 Å². The Kier molecular flexibility index (Phi) is 5.65. The first kappa shape index (κ1) is 19.2. The van der Waals surface area contributed by atoms with Crippen LogP contribution >= 0.6 is 23.2 Å². The van der Waals surface area contributed by atoms with E-state index in [-0.39, 0.29) is 12.3 Å². The molecule has 0 fully saturated rings. The van der Waals surface area contributed by atoms with E-state index in [4.69, 9.17) is 27.6 Å². The van der Waals surface area contributed by atoms with Crippen molar-refractivity contribution in [3.05, 3.63) is 94.2 Å². The molecule has 4 rings (SSSR count). The number of hydrogen-bond acceptors (Lipinski definition) is 3. The van der Waals surface area contributed by atoms with E-state index in [9.17, 15) is 4.79 Å². The van der Waals surface area contributed by atoms with Crippen molar-refractivity contribution in [3.63, 3.8) is 0 Å². The summed E-state index contributed by atoms with van der Waals surface area (Å²) in [6, 6.07) is 22.6. The summed E-state index contributed by atoms with van der Waals surface area (Å²) in [5.74, 6) is 0.886. The molecule has 0 radical (unpaired) electrons. The Morgan fingerprint density at radius 3 is 2.69 bits per heavy atom. The Labute approximate surface area is 177 Å². The SMILES string of the molecule is O=C(Cc1cccc2ccccc12)N/N=C\c1ccc(-c2ccc(Cl)cc2Cl)o1. The van der Waals surface area contributed by atoms with Crippen LogP contribution in [0.1, 0.15) is 11.3 Å². The minimum Gasteiger partial charge on any atom is -0.455 e. The average Bonchev–Trinajstić information content (AvgIpc) is 3.17. The standard InChI is InChI=1S/C23H16Cl2N2O2/c24-17-8-10-20(21(25)13-17)22-11-9-18(29-22)14-26-27-23(28)12-16-6-3-5-15-4-1-2-7-19(15)16/h1-11,13-14H,12H2,(H,27,28)/b26-14-. The van der Waals surface area contributed by atoms with Gasteiger partial charge in [0.2, 0.25) is 5.91 Å². The molecule has 0 aliphatic heterocycles. The molecule has 4 nitrogen and oxygen atoms in total. The summed E-state index contributed by atoms with van der Waals surface area (Å²) in [6.07, 6.45) is 1.69. The van der Waals surface area contributed by atoms with Gasteiger partial charge in [0, 0.05) is 10.6 Å². The van der Waals surface area contributed by atoms with E-state index in [1.54, 1.807) is 30.3 Å². The summed E-state index contributed by atoms with van der Waals surface area (Å²) in [6.45, 7) is 0. The molecule has 6 heteroatoms. The highest BCUT2D eigenvalue weighted by atomic mass is 35.5. The highest BCUT2D eigenvalue weighted by molar-refractivity contribution is 6.36. The molecule has 0 bridgehead atoms. The number of nitrogens with one attached hydrogen (secondary N) is 1. The summed E-state index contributed by atoms with van der Waals surface area (Å²) in [5.41, 5.74) is 4.22. The molecular weight excluding hydrogens is 407 g/mol. The van der Waals surface area contributed by atoms with Gasteiger partial charge in [0.1, 0.15) is 11.5 Å². The second kappa shape index (κ2) is 8.52. The third kappa shape index (κ3) is 4.50. The lowest BCUT2D eigenvalue weighted by molar-refractivity contribution is -0.120. The lowest BCUT2D eigenvalue weighted by atomic mass is 10.0. The quantitative estimate of drug-likeness (QED) is 0.312. The van der Waals surface area contributed by atoms with Gasteiger partial charge >= 0.3 is 0 Å². The maximum Gasteiger partial charge on any atom is 0.244 e. The van der Waals surface area contributed by atoms with E-state index >= 15 is 0 Å². The second-order valence-corrected chi connectivity index (χ2v) is 7.28. The largest absolute Gasteiger partial charge is 0.455 e. The van der Waals surface area contributed by atoms with E-state index < -0.39 is 0 Å². The summed E-state index contributed by atoms with van der Waals surface area (Å²) < 4.78 is 5.72. The molecule has 4 aromatic rings. The minimum atomic E-state index is -0.204. The summed E-state index contributed by atoms with van der Waals surface area (Å²) >= 11 is 12.1. The fourth-order valence-corrected chi connectivity index (χ4v) is 3.58. The molecule has 0 saturated carbocycles. The lowest BCUT2D eigenvalue weighted by Crippen LogP contribution is -2.19. The number of rotatable bonds is 5. The van der Waals surface area contributed by atoms with Crippen LogP contribution in [0.25, 0.3) is 22.1 Å². The first-order valence-corrected chi connectivity index (χ1v) is 9.69. The van der Waals surface area contributed by atoms with Crippen LogP contribution in [0.2, 0.25) is 10.0 Å². The smallest absolute Gasteiger partial charge is 0.244 e. The van der Waals surface area contributed by atoms with Gasteiger partial charge in [-0.15, -0.1) is 0 Å². The van der Waals surface area contributed by atoms with Crippen LogP contribution in [0, 0.1) is 0 Å². The van der Waals surface area contributed by atoms with Gasteiger partial charge in [-0.2, -0.15) is 5.10 Å². The van der Waals surface area contributed by atoms with Gasteiger partial charge < -0.3 is 4.42 Å². The Bertz CT molecular complexity index is 1210. The van der Waals surface area contributed by atoms with E-state index in [2.05, 4.69) is 10.5 Å².